The zero-order valence-corrected chi connectivity index (χ0v) is 19.0. The Balaban J connectivity index is 2.12. The minimum absolute atomic E-state index is 0.0170. The summed E-state index contributed by atoms with van der Waals surface area (Å²) in [7, 11) is -8.55. The second kappa shape index (κ2) is 8.29. The summed E-state index contributed by atoms with van der Waals surface area (Å²) in [4.78, 5) is 7.49. The van der Waals surface area contributed by atoms with E-state index in [0.29, 0.717) is 21.8 Å². The van der Waals surface area contributed by atoms with Gasteiger partial charge >= 0.3 is 0 Å². The Morgan fingerprint density at radius 3 is 2.50 bits per heavy atom. The van der Waals surface area contributed by atoms with Crippen molar-refractivity contribution < 1.29 is 16.8 Å². The molecule has 0 spiro atoms. The SMILES string of the molecule is NCCCS(=O)(=O)c1ccc(-c2cccc3sc(N)nc23)c(C2=NCN=N2)c1S(N)(=O)=O. The number of aliphatic imine (C=N–C) groups is 1. The lowest BCUT2D eigenvalue weighted by molar-refractivity contribution is 0.582. The molecule has 168 valence electrons. The summed E-state index contributed by atoms with van der Waals surface area (Å²) in [5.41, 5.74) is 12.7. The number of sulfone groups is 1. The lowest BCUT2D eigenvalue weighted by Gasteiger charge is -2.17. The maximum atomic E-state index is 13.0. The first-order valence-electron chi connectivity index (χ1n) is 9.34. The van der Waals surface area contributed by atoms with Gasteiger partial charge in [0.05, 0.1) is 26.4 Å². The first kappa shape index (κ1) is 22.4. The lowest BCUT2D eigenvalue weighted by atomic mass is 9.98. The van der Waals surface area contributed by atoms with E-state index < -0.39 is 29.7 Å². The number of hydrogen-bond acceptors (Lipinski definition) is 11. The van der Waals surface area contributed by atoms with Crippen LogP contribution in [-0.2, 0) is 19.9 Å². The zero-order valence-electron chi connectivity index (χ0n) is 16.6. The van der Waals surface area contributed by atoms with Crippen molar-refractivity contribution in [2.24, 2.45) is 26.1 Å². The third-order valence-corrected chi connectivity index (χ3v) is 8.57. The molecule has 2 heterocycles. The van der Waals surface area contributed by atoms with E-state index in [0.717, 1.165) is 4.70 Å². The van der Waals surface area contributed by atoms with Gasteiger partial charge in [0.15, 0.2) is 27.5 Å². The second-order valence-corrected chi connectivity index (χ2v) is 11.5. The Hall–Kier alpha value is -2.78. The molecule has 0 aliphatic carbocycles. The fourth-order valence-corrected chi connectivity index (χ4v) is 7.21. The number of azo groups is 1. The van der Waals surface area contributed by atoms with Crippen LogP contribution < -0.4 is 16.6 Å². The standard InChI is InChI=1S/C18H19N7O4S3/c19-7-2-8-31(26,27)13-6-5-10(11-3-1-4-12-15(11)24-18(20)30-12)14(16(13)32(21,28)29)17-22-9-23-25-17/h1,3-6H,2,7-9,19H2,(H2,20,24)(H2,21,28,29). The maximum Gasteiger partial charge on any atom is 0.240 e. The Bertz CT molecular complexity index is 1490. The van der Waals surface area contributed by atoms with Crippen LogP contribution in [0.3, 0.4) is 0 Å². The van der Waals surface area contributed by atoms with E-state index in [9.17, 15) is 16.8 Å². The predicted molar refractivity (Wildman–Crippen MR) is 123 cm³/mol. The number of nitrogens with two attached hydrogens (primary N) is 3. The van der Waals surface area contributed by atoms with Gasteiger partial charge in [0, 0.05) is 5.56 Å². The average molecular weight is 494 g/mol. The molecule has 1 aromatic heterocycles. The topological polar surface area (TPSA) is 196 Å². The number of anilines is 1. The highest BCUT2D eigenvalue weighted by atomic mass is 32.2. The van der Waals surface area contributed by atoms with Gasteiger partial charge in [-0.2, -0.15) is 5.11 Å². The van der Waals surface area contributed by atoms with Crippen LogP contribution in [0.15, 0.2) is 55.3 Å². The van der Waals surface area contributed by atoms with Crippen molar-refractivity contribution in [2.75, 3.05) is 24.7 Å². The summed E-state index contributed by atoms with van der Waals surface area (Å²) in [5, 5.41) is 13.6. The van der Waals surface area contributed by atoms with Crippen molar-refractivity contribution in [1.82, 2.24) is 4.98 Å². The van der Waals surface area contributed by atoms with Gasteiger partial charge < -0.3 is 11.5 Å². The maximum absolute atomic E-state index is 13.0. The van der Waals surface area contributed by atoms with Gasteiger partial charge in [0.25, 0.3) is 0 Å². The number of fused-ring (bicyclic) bond motifs is 1. The predicted octanol–water partition coefficient (Wildman–Crippen LogP) is 1.49. The van der Waals surface area contributed by atoms with E-state index in [1.54, 1.807) is 12.1 Å². The number of nitrogens with zero attached hydrogens (tertiary/aromatic N) is 4. The average Bonchev–Trinajstić information content (AvgIpc) is 3.39. The second-order valence-electron chi connectivity index (χ2n) is 6.89. The zero-order chi connectivity index (χ0) is 23.1. The number of rotatable bonds is 7. The summed E-state index contributed by atoms with van der Waals surface area (Å²) < 4.78 is 52.2. The van der Waals surface area contributed by atoms with E-state index in [2.05, 4.69) is 20.2 Å². The van der Waals surface area contributed by atoms with Crippen molar-refractivity contribution in [3.05, 3.63) is 35.9 Å². The van der Waals surface area contributed by atoms with Crippen LogP contribution in [0.2, 0.25) is 0 Å². The third kappa shape index (κ3) is 4.02. The third-order valence-electron chi connectivity index (χ3n) is 4.76. The molecule has 0 amide bonds. The van der Waals surface area contributed by atoms with Crippen molar-refractivity contribution in [3.8, 4) is 11.1 Å². The van der Waals surface area contributed by atoms with Crippen LogP contribution in [-0.4, -0.2) is 46.6 Å². The molecule has 0 saturated heterocycles. The van der Waals surface area contributed by atoms with Gasteiger partial charge in [-0.15, -0.1) is 5.11 Å². The number of nitrogen functional groups attached to an aromatic ring is 1. The summed E-state index contributed by atoms with van der Waals surface area (Å²) in [6.45, 7) is 0.111. The summed E-state index contributed by atoms with van der Waals surface area (Å²) in [6, 6.07) is 8.04. The number of sulfonamides is 1. The minimum atomic E-state index is -4.52. The fraction of sp³-hybridized carbons (Fsp3) is 0.222. The highest BCUT2D eigenvalue weighted by Crippen LogP contribution is 2.39. The monoisotopic (exact) mass is 493 g/mol. The molecule has 14 heteroatoms. The van der Waals surface area contributed by atoms with E-state index in [1.807, 2.05) is 6.07 Å². The van der Waals surface area contributed by atoms with Crippen LogP contribution in [0.5, 0.6) is 0 Å². The van der Waals surface area contributed by atoms with Gasteiger partial charge in [-0.25, -0.2) is 32.0 Å². The summed E-state index contributed by atoms with van der Waals surface area (Å²) in [5.74, 6) is -0.364. The van der Waals surface area contributed by atoms with Crippen LogP contribution in [0.1, 0.15) is 12.0 Å². The molecule has 0 atom stereocenters. The number of hydrogen-bond donors (Lipinski definition) is 3. The number of aromatic nitrogens is 1. The van der Waals surface area contributed by atoms with E-state index in [-0.39, 0.29) is 36.8 Å². The molecule has 4 rings (SSSR count). The number of benzene rings is 2. The molecule has 3 aromatic rings. The molecule has 0 saturated carbocycles. The van der Waals surface area contributed by atoms with Crippen molar-refractivity contribution in [3.63, 3.8) is 0 Å². The molecule has 0 bridgehead atoms. The highest BCUT2D eigenvalue weighted by Gasteiger charge is 2.32. The smallest absolute Gasteiger partial charge is 0.240 e. The Kier molecular flexibility index (Phi) is 5.81. The number of primary sulfonamides is 1. The quantitative estimate of drug-likeness (QED) is 0.443. The molecule has 1 aliphatic rings. The number of amidine groups is 1. The normalized spacial score (nSPS) is 14.2. The van der Waals surface area contributed by atoms with Crippen molar-refractivity contribution in [1.29, 1.82) is 0 Å². The Morgan fingerprint density at radius 1 is 1.06 bits per heavy atom. The van der Waals surface area contributed by atoms with Gasteiger partial charge in [0.2, 0.25) is 10.0 Å². The van der Waals surface area contributed by atoms with Crippen molar-refractivity contribution in [2.45, 2.75) is 16.2 Å². The van der Waals surface area contributed by atoms with Crippen LogP contribution in [0.25, 0.3) is 21.3 Å². The molecular formula is C18H19N7O4S3. The van der Waals surface area contributed by atoms with E-state index >= 15 is 0 Å². The molecule has 11 nitrogen and oxygen atoms in total. The fourth-order valence-electron chi connectivity index (χ4n) is 3.46. The Morgan fingerprint density at radius 2 is 1.84 bits per heavy atom. The summed E-state index contributed by atoms with van der Waals surface area (Å²) in [6.07, 6.45) is 0.154. The molecule has 0 radical (unpaired) electrons. The molecule has 32 heavy (non-hydrogen) atoms. The van der Waals surface area contributed by atoms with E-state index in [1.165, 1.54) is 23.5 Å². The van der Waals surface area contributed by atoms with Crippen LogP contribution in [0.4, 0.5) is 5.13 Å². The number of thiazole rings is 1. The molecular weight excluding hydrogens is 474 g/mol. The molecule has 6 N–H and O–H groups in total. The van der Waals surface area contributed by atoms with Crippen molar-refractivity contribution >= 4 is 52.4 Å². The van der Waals surface area contributed by atoms with E-state index in [4.69, 9.17) is 16.6 Å². The van der Waals surface area contributed by atoms with Crippen LogP contribution in [0, 0.1) is 0 Å². The molecule has 0 unspecified atom stereocenters. The number of para-hydroxylation sites is 1. The minimum Gasteiger partial charge on any atom is -0.375 e. The van der Waals surface area contributed by atoms with Crippen LogP contribution >= 0.6 is 11.3 Å². The first-order chi connectivity index (χ1) is 15.1. The van der Waals surface area contributed by atoms with Gasteiger partial charge in [-0.05, 0) is 30.7 Å². The lowest BCUT2D eigenvalue weighted by Crippen LogP contribution is -2.23. The highest BCUT2D eigenvalue weighted by molar-refractivity contribution is 7.93. The first-order valence-corrected chi connectivity index (χ1v) is 13.4. The van der Waals surface area contributed by atoms with Gasteiger partial charge in [0.1, 0.15) is 4.90 Å². The molecule has 2 aromatic carbocycles. The van der Waals surface area contributed by atoms with Gasteiger partial charge in [-0.1, -0.05) is 29.5 Å². The molecule has 0 fully saturated rings. The van der Waals surface area contributed by atoms with Gasteiger partial charge in [-0.3, -0.25) is 0 Å². The Labute approximate surface area is 188 Å². The molecule has 1 aliphatic heterocycles. The largest absolute Gasteiger partial charge is 0.375 e. The summed E-state index contributed by atoms with van der Waals surface area (Å²) >= 11 is 1.27.